The molecule has 1 atom stereocenters. The summed E-state index contributed by atoms with van der Waals surface area (Å²) in [5.74, 6) is -0.579. The summed E-state index contributed by atoms with van der Waals surface area (Å²) in [5.41, 5.74) is 0. The van der Waals surface area contributed by atoms with Crippen LogP contribution in [0.15, 0.2) is 47.4 Å². The summed E-state index contributed by atoms with van der Waals surface area (Å²) in [4.78, 5) is 11.8. The third kappa shape index (κ3) is 2.69. The number of nitrogens with zero attached hydrogens (tertiary/aromatic N) is 1. The van der Waals surface area contributed by atoms with Crippen LogP contribution in [0.3, 0.4) is 0 Å². The maximum absolute atomic E-state index is 12.4. The summed E-state index contributed by atoms with van der Waals surface area (Å²) in [6.45, 7) is 2.31. The van der Waals surface area contributed by atoms with E-state index in [9.17, 15) is 13.2 Å². The first-order chi connectivity index (χ1) is 9.07. The average Bonchev–Trinajstić information content (AvgIpc) is 2.79. The van der Waals surface area contributed by atoms with Crippen molar-refractivity contribution in [1.29, 1.82) is 0 Å². The van der Waals surface area contributed by atoms with Crippen molar-refractivity contribution in [3.63, 3.8) is 0 Å². The molecule has 19 heavy (non-hydrogen) atoms. The molecule has 0 saturated carbocycles. The molecule has 0 fully saturated rings. The highest BCUT2D eigenvalue weighted by Gasteiger charge is 2.37. The third-order valence-corrected chi connectivity index (χ3v) is 4.42. The van der Waals surface area contributed by atoms with E-state index in [4.69, 9.17) is 4.74 Å². The number of ether oxygens (including phenoxy) is 1. The van der Waals surface area contributed by atoms with Crippen LogP contribution in [-0.4, -0.2) is 31.5 Å². The van der Waals surface area contributed by atoms with Gasteiger partial charge in [0.25, 0.3) is 15.9 Å². The van der Waals surface area contributed by atoms with E-state index in [0.717, 1.165) is 10.7 Å². The summed E-state index contributed by atoms with van der Waals surface area (Å²) >= 11 is 0. The molecule has 0 N–H and O–H groups in total. The molecule has 2 rings (SSSR count). The predicted molar refractivity (Wildman–Crippen MR) is 69.6 cm³/mol. The molecule has 0 aromatic heterocycles. The number of carbonyl (C=O) groups excluding carboxylic acids is 1. The van der Waals surface area contributed by atoms with Gasteiger partial charge in [-0.05, 0) is 24.6 Å². The quantitative estimate of drug-likeness (QED) is 0.821. The molecule has 1 aliphatic rings. The van der Waals surface area contributed by atoms with E-state index in [1.165, 1.54) is 24.3 Å². The van der Waals surface area contributed by atoms with Gasteiger partial charge in [-0.15, -0.1) is 0 Å². The van der Waals surface area contributed by atoms with Crippen LogP contribution in [0.1, 0.15) is 13.3 Å². The number of rotatable bonds is 5. The van der Waals surface area contributed by atoms with Gasteiger partial charge in [0.15, 0.2) is 6.23 Å². The normalized spacial score (nSPS) is 19.1. The van der Waals surface area contributed by atoms with Crippen molar-refractivity contribution in [1.82, 2.24) is 4.31 Å². The first-order valence-electron chi connectivity index (χ1n) is 6.00. The minimum Gasteiger partial charge on any atom is -0.353 e. The molecule has 1 aromatic carbocycles. The summed E-state index contributed by atoms with van der Waals surface area (Å²) in [5, 5.41) is 0. The Hall–Kier alpha value is -1.66. The maximum Gasteiger partial charge on any atom is 0.269 e. The zero-order valence-corrected chi connectivity index (χ0v) is 11.3. The van der Waals surface area contributed by atoms with Crippen molar-refractivity contribution in [3.8, 4) is 0 Å². The molecule has 1 aliphatic heterocycles. The second kappa shape index (κ2) is 5.54. The Morgan fingerprint density at radius 3 is 2.58 bits per heavy atom. The molecular weight excluding hydrogens is 266 g/mol. The monoisotopic (exact) mass is 281 g/mol. The van der Waals surface area contributed by atoms with Gasteiger partial charge >= 0.3 is 0 Å². The molecule has 1 unspecified atom stereocenters. The molecule has 5 nitrogen and oxygen atoms in total. The highest BCUT2D eigenvalue weighted by molar-refractivity contribution is 7.89. The SMILES string of the molecule is CCCOC1C=CC(=O)N1S(=O)(=O)c1ccccc1. The summed E-state index contributed by atoms with van der Waals surface area (Å²) < 4.78 is 31.0. The van der Waals surface area contributed by atoms with E-state index in [0.29, 0.717) is 6.61 Å². The number of sulfonamides is 1. The van der Waals surface area contributed by atoms with Gasteiger partial charge in [0, 0.05) is 12.7 Å². The molecule has 102 valence electrons. The second-order valence-corrected chi connectivity index (χ2v) is 5.89. The number of hydrogen-bond donors (Lipinski definition) is 0. The lowest BCUT2D eigenvalue weighted by molar-refractivity contribution is -0.126. The lowest BCUT2D eigenvalue weighted by Gasteiger charge is -2.24. The largest absolute Gasteiger partial charge is 0.353 e. The summed E-state index contributed by atoms with van der Waals surface area (Å²) in [6.07, 6.45) is 2.58. The number of amides is 1. The van der Waals surface area contributed by atoms with Crippen LogP contribution in [0, 0.1) is 0 Å². The van der Waals surface area contributed by atoms with Crippen LogP contribution in [0.4, 0.5) is 0 Å². The smallest absolute Gasteiger partial charge is 0.269 e. The standard InChI is InChI=1S/C13H15NO4S/c1-2-10-18-13-9-8-12(15)14(13)19(16,17)11-6-4-3-5-7-11/h3-9,13H,2,10H2,1H3. The van der Waals surface area contributed by atoms with E-state index < -0.39 is 22.2 Å². The summed E-state index contributed by atoms with van der Waals surface area (Å²) in [6, 6.07) is 7.86. The molecule has 0 bridgehead atoms. The van der Waals surface area contributed by atoms with Gasteiger partial charge in [0.1, 0.15) is 0 Å². The maximum atomic E-state index is 12.4. The van der Waals surface area contributed by atoms with E-state index in [2.05, 4.69) is 0 Å². The Morgan fingerprint density at radius 1 is 1.26 bits per heavy atom. The molecule has 0 spiro atoms. The zero-order valence-electron chi connectivity index (χ0n) is 10.5. The fraction of sp³-hybridized carbons (Fsp3) is 0.308. The first-order valence-corrected chi connectivity index (χ1v) is 7.44. The van der Waals surface area contributed by atoms with Crippen LogP contribution in [-0.2, 0) is 19.6 Å². The van der Waals surface area contributed by atoms with Crippen LogP contribution < -0.4 is 0 Å². The van der Waals surface area contributed by atoms with Gasteiger partial charge in [0.2, 0.25) is 0 Å². The summed E-state index contributed by atoms with van der Waals surface area (Å²) in [7, 11) is -3.87. The highest BCUT2D eigenvalue weighted by Crippen LogP contribution is 2.23. The highest BCUT2D eigenvalue weighted by atomic mass is 32.2. The van der Waals surface area contributed by atoms with Crippen molar-refractivity contribution >= 4 is 15.9 Å². The van der Waals surface area contributed by atoms with Crippen LogP contribution in [0.25, 0.3) is 0 Å². The third-order valence-electron chi connectivity index (χ3n) is 2.64. The van der Waals surface area contributed by atoms with Gasteiger partial charge < -0.3 is 4.74 Å². The molecule has 0 aliphatic carbocycles. The molecule has 1 heterocycles. The van der Waals surface area contributed by atoms with Crippen LogP contribution in [0.2, 0.25) is 0 Å². The van der Waals surface area contributed by atoms with Crippen molar-refractivity contribution in [2.24, 2.45) is 0 Å². The van der Waals surface area contributed by atoms with E-state index >= 15 is 0 Å². The van der Waals surface area contributed by atoms with Crippen molar-refractivity contribution in [2.45, 2.75) is 24.5 Å². The molecule has 6 heteroatoms. The average molecular weight is 281 g/mol. The number of benzene rings is 1. The Bertz CT molecular complexity index is 580. The Kier molecular flexibility index (Phi) is 4.01. The predicted octanol–water partition coefficient (Wildman–Crippen LogP) is 1.53. The Morgan fingerprint density at radius 2 is 1.95 bits per heavy atom. The van der Waals surface area contributed by atoms with Crippen LogP contribution >= 0.6 is 0 Å². The lowest BCUT2D eigenvalue weighted by atomic mass is 10.4. The van der Waals surface area contributed by atoms with Crippen molar-refractivity contribution in [3.05, 3.63) is 42.5 Å². The van der Waals surface area contributed by atoms with E-state index in [1.807, 2.05) is 6.92 Å². The Labute approximate surface area is 112 Å². The molecule has 0 saturated heterocycles. The molecule has 0 radical (unpaired) electrons. The number of carbonyl (C=O) groups is 1. The van der Waals surface area contributed by atoms with Gasteiger partial charge in [-0.2, -0.15) is 0 Å². The van der Waals surface area contributed by atoms with E-state index in [-0.39, 0.29) is 4.90 Å². The second-order valence-electron chi connectivity index (χ2n) is 4.07. The lowest BCUT2D eigenvalue weighted by Crippen LogP contribution is -2.40. The minimum absolute atomic E-state index is 0.0807. The van der Waals surface area contributed by atoms with E-state index in [1.54, 1.807) is 18.2 Å². The molecule has 1 aromatic rings. The van der Waals surface area contributed by atoms with Crippen LogP contribution in [0.5, 0.6) is 0 Å². The fourth-order valence-corrected chi connectivity index (χ4v) is 3.20. The van der Waals surface area contributed by atoms with Crippen molar-refractivity contribution < 1.29 is 17.9 Å². The van der Waals surface area contributed by atoms with Gasteiger partial charge in [-0.3, -0.25) is 4.79 Å². The van der Waals surface area contributed by atoms with Gasteiger partial charge in [-0.1, -0.05) is 25.1 Å². The fourth-order valence-electron chi connectivity index (χ4n) is 1.76. The van der Waals surface area contributed by atoms with Gasteiger partial charge in [0.05, 0.1) is 4.90 Å². The minimum atomic E-state index is -3.87. The van der Waals surface area contributed by atoms with Gasteiger partial charge in [-0.25, -0.2) is 12.7 Å². The van der Waals surface area contributed by atoms with Crippen molar-refractivity contribution in [2.75, 3.05) is 6.61 Å². The topological polar surface area (TPSA) is 63.7 Å². The Balaban J connectivity index is 2.31. The molecular formula is C13H15NO4S. The molecule has 1 amide bonds. The zero-order chi connectivity index (χ0) is 13.9. The number of hydrogen-bond acceptors (Lipinski definition) is 4. The first kappa shape index (κ1) is 13.8.